The number of benzene rings is 1. The Hall–Kier alpha value is -3.96. The average Bonchev–Trinajstić information content (AvgIpc) is 3.04. The van der Waals surface area contributed by atoms with Crippen molar-refractivity contribution in [3.05, 3.63) is 70.3 Å². The van der Waals surface area contributed by atoms with Gasteiger partial charge in [-0.25, -0.2) is 0 Å². The number of pyridine rings is 1. The van der Waals surface area contributed by atoms with Crippen LogP contribution in [0.4, 0.5) is 24.5 Å². The van der Waals surface area contributed by atoms with E-state index in [2.05, 4.69) is 15.4 Å². The quantitative estimate of drug-likeness (QED) is 0.509. The second-order valence-corrected chi connectivity index (χ2v) is 5.75. The third-order valence-corrected chi connectivity index (χ3v) is 3.63. The number of hydrogen-bond donors (Lipinski definition) is 1. The Balaban J connectivity index is 1.88. The molecule has 0 radical (unpaired) electrons. The van der Waals surface area contributed by atoms with Gasteiger partial charge in [-0.1, -0.05) is 0 Å². The van der Waals surface area contributed by atoms with Crippen LogP contribution in [0.25, 0.3) is 0 Å². The largest absolute Gasteiger partial charge is 0.455 e. The minimum absolute atomic E-state index is 0.0273. The van der Waals surface area contributed by atoms with E-state index in [1.807, 2.05) is 0 Å². The van der Waals surface area contributed by atoms with E-state index in [1.165, 1.54) is 18.5 Å². The normalized spacial score (nSPS) is 11.2. The van der Waals surface area contributed by atoms with Crippen molar-refractivity contribution in [1.29, 1.82) is 0 Å². The average molecular weight is 407 g/mol. The van der Waals surface area contributed by atoms with Gasteiger partial charge in [0, 0.05) is 31.4 Å². The summed E-state index contributed by atoms with van der Waals surface area (Å²) in [6.07, 6.45) is -1.80. The van der Waals surface area contributed by atoms with Crippen molar-refractivity contribution in [3.8, 4) is 11.5 Å². The lowest BCUT2D eigenvalue weighted by molar-refractivity contribution is -0.384. The van der Waals surface area contributed by atoms with Gasteiger partial charge in [0.1, 0.15) is 17.2 Å². The Bertz CT molecular complexity index is 1070. The van der Waals surface area contributed by atoms with Gasteiger partial charge in [0.15, 0.2) is 5.69 Å². The Morgan fingerprint density at radius 2 is 2.00 bits per heavy atom. The molecule has 1 aromatic carbocycles. The third-order valence-electron chi connectivity index (χ3n) is 3.63. The number of halogens is 3. The summed E-state index contributed by atoms with van der Waals surface area (Å²) in [5.41, 5.74) is -2.05. The number of nitrogens with one attached hydrogen (secondary N) is 1. The molecular formula is C17H12F3N5O4. The number of alkyl halides is 3. The van der Waals surface area contributed by atoms with E-state index in [9.17, 15) is 28.1 Å². The predicted octanol–water partition coefficient (Wildman–Crippen LogP) is 3.79. The van der Waals surface area contributed by atoms with Crippen LogP contribution in [0.1, 0.15) is 16.2 Å². The van der Waals surface area contributed by atoms with E-state index in [4.69, 9.17) is 4.74 Å². The van der Waals surface area contributed by atoms with E-state index >= 15 is 0 Å². The highest BCUT2D eigenvalue weighted by molar-refractivity contribution is 6.03. The number of amides is 1. The van der Waals surface area contributed by atoms with Crippen LogP contribution in [0.15, 0.2) is 48.8 Å². The van der Waals surface area contributed by atoms with Crippen molar-refractivity contribution in [2.75, 3.05) is 5.32 Å². The van der Waals surface area contributed by atoms with Crippen LogP contribution in [0, 0.1) is 10.1 Å². The van der Waals surface area contributed by atoms with Crippen LogP contribution in [0.3, 0.4) is 0 Å². The summed E-state index contributed by atoms with van der Waals surface area (Å²) < 4.78 is 44.6. The van der Waals surface area contributed by atoms with Crippen LogP contribution in [-0.2, 0) is 13.2 Å². The molecule has 3 aromatic rings. The fraction of sp³-hybridized carbons (Fsp3) is 0.118. The molecule has 2 heterocycles. The van der Waals surface area contributed by atoms with Crippen molar-refractivity contribution in [2.45, 2.75) is 6.18 Å². The number of non-ortho nitro benzene ring substituents is 1. The van der Waals surface area contributed by atoms with Gasteiger partial charge in [-0.3, -0.25) is 24.6 Å². The molecule has 0 spiro atoms. The van der Waals surface area contributed by atoms with E-state index < -0.39 is 34.1 Å². The zero-order valence-electron chi connectivity index (χ0n) is 14.7. The number of carbonyl (C=O) groups is 1. The molecule has 12 heteroatoms. The molecule has 9 nitrogen and oxygen atoms in total. The molecule has 0 aliphatic rings. The number of nitro benzene ring substituents is 1. The summed E-state index contributed by atoms with van der Waals surface area (Å²) >= 11 is 0. The summed E-state index contributed by atoms with van der Waals surface area (Å²) in [7, 11) is 1.05. The molecule has 0 saturated heterocycles. The fourth-order valence-corrected chi connectivity index (χ4v) is 2.40. The van der Waals surface area contributed by atoms with Gasteiger partial charge in [0.25, 0.3) is 11.6 Å². The van der Waals surface area contributed by atoms with Crippen LogP contribution in [0.5, 0.6) is 11.5 Å². The Labute approximate surface area is 160 Å². The number of ether oxygens (including phenoxy) is 1. The molecule has 0 unspecified atom stereocenters. The smallest absolute Gasteiger partial charge is 0.433 e. The second-order valence-electron chi connectivity index (χ2n) is 5.75. The van der Waals surface area contributed by atoms with Crippen molar-refractivity contribution < 1.29 is 27.6 Å². The molecule has 29 heavy (non-hydrogen) atoms. The lowest BCUT2D eigenvalue weighted by Gasteiger charge is -2.08. The minimum atomic E-state index is -4.68. The maximum absolute atomic E-state index is 12.9. The van der Waals surface area contributed by atoms with E-state index in [-0.39, 0.29) is 11.4 Å². The van der Waals surface area contributed by atoms with Crippen molar-refractivity contribution in [1.82, 2.24) is 14.8 Å². The van der Waals surface area contributed by atoms with Crippen molar-refractivity contribution >= 4 is 17.3 Å². The molecule has 0 atom stereocenters. The van der Waals surface area contributed by atoms with Gasteiger partial charge in [-0.05, 0) is 12.1 Å². The molecule has 150 valence electrons. The van der Waals surface area contributed by atoms with E-state index in [0.29, 0.717) is 16.5 Å². The summed E-state index contributed by atoms with van der Waals surface area (Å²) in [6.45, 7) is 0. The number of anilines is 1. The zero-order chi connectivity index (χ0) is 21.2. The Kier molecular flexibility index (Phi) is 5.17. The lowest BCUT2D eigenvalue weighted by Crippen LogP contribution is -2.13. The second kappa shape index (κ2) is 7.58. The molecule has 0 aliphatic carbocycles. The van der Waals surface area contributed by atoms with E-state index in [0.717, 1.165) is 19.2 Å². The molecule has 2 aromatic heterocycles. The first-order valence-corrected chi connectivity index (χ1v) is 7.93. The van der Waals surface area contributed by atoms with Gasteiger partial charge in [0.2, 0.25) is 0 Å². The molecule has 3 rings (SSSR count). The summed E-state index contributed by atoms with van der Waals surface area (Å²) in [5, 5.41) is 17.0. The standard InChI is InChI=1S/C17H12F3N5O4/c1-24-15(17(18,19)20)8-14(23-24)16(26)22-10-5-11(25(27)28)7-13(6-10)29-12-3-2-4-21-9-12/h2-9H,1H3,(H,22,26). The summed E-state index contributed by atoms with van der Waals surface area (Å²) in [4.78, 5) is 26.6. The molecule has 1 N–H and O–H groups in total. The number of aromatic nitrogens is 3. The molecule has 1 amide bonds. The highest BCUT2D eigenvalue weighted by atomic mass is 19.4. The molecule has 0 fully saturated rings. The van der Waals surface area contributed by atoms with Crippen LogP contribution < -0.4 is 10.1 Å². The summed E-state index contributed by atoms with van der Waals surface area (Å²) in [6, 6.07) is 7.20. The SMILES string of the molecule is Cn1nc(C(=O)Nc2cc(Oc3cccnc3)cc([N+](=O)[O-])c2)cc1C(F)(F)F. The van der Waals surface area contributed by atoms with Gasteiger partial charge >= 0.3 is 6.18 Å². The third kappa shape index (κ3) is 4.66. The highest BCUT2D eigenvalue weighted by Crippen LogP contribution is 2.31. The monoisotopic (exact) mass is 407 g/mol. The minimum Gasteiger partial charge on any atom is -0.455 e. The topological polar surface area (TPSA) is 112 Å². The van der Waals surface area contributed by atoms with Crippen molar-refractivity contribution in [2.24, 2.45) is 7.05 Å². The number of aryl methyl sites for hydroxylation is 1. The number of rotatable bonds is 5. The number of nitrogens with zero attached hydrogens (tertiary/aromatic N) is 4. The first-order valence-electron chi connectivity index (χ1n) is 7.93. The Morgan fingerprint density at radius 1 is 1.24 bits per heavy atom. The van der Waals surface area contributed by atoms with Crippen molar-refractivity contribution in [3.63, 3.8) is 0 Å². The van der Waals surface area contributed by atoms with Gasteiger partial charge in [-0.2, -0.15) is 18.3 Å². The van der Waals surface area contributed by atoms with Gasteiger partial charge in [0.05, 0.1) is 22.9 Å². The zero-order valence-corrected chi connectivity index (χ0v) is 14.7. The first-order chi connectivity index (χ1) is 13.6. The first kappa shape index (κ1) is 19.8. The highest BCUT2D eigenvalue weighted by Gasteiger charge is 2.35. The maximum atomic E-state index is 12.9. The maximum Gasteiger partial charge on any atom is 0.433 e. The molecule has 0 bridgehead atoms. The van der Waals surface area contributed by atoms with Crippen LogP contribution in [-0.4, -0.2) is 25.6 Å². The predicted molar refractivity (Wildman–Crippen MR) is 93.6 cm³/mol. The summed E-state index contributed by atoms with van der Waals surface area (Å²) in [5.74, 6) is -0.645. The van der Waals surface area contributed by atoms with Gasteiger partial charge in [-0.15, -0.1) is 0 Å². The van der Waals surface area contributed by atoms with Crippen LogP contribution in [0.2, 0.25) is 0 Å². The van der Waals surface area contributed by atoms with Gasteiger partial charge < -0.3 is 10.1 Å². The fourth-order valence-electron chi connectivity index (χ4n) is 2.40. The van der Waals surface area contributed by atoms with E-state index in [1.54, 1.807) is 12.1 Å². The van der Waals surface area contributed by atoms with Crippen LogP contribution >= 0.6 is 0 Å². The Morgan fingerprint density at radius 3 is 2.59 bits per heavy atom. The molecule has 0 aliphatic heterocycles. The number of carbonyl (C=O) groups excluding carboxylic acids is 1. The molecular weight excluding hydrogens is 395 g/mol. The number of nitro groups is 1. The number of hydrogen-bond acceptors (Lipinski definition) is 6. The lowest BCUT2D eigenvalue weighted by atomic mass is 10.2. The molecule has 0 saturated carbocycles.